The standard InChI is InChI=1S/C13H18BrF2N/c1-10-3-4-12(7-11(10)2)8-17(6-5-14)9-13(15)16/h3-4,7,13H,5-6,8-9H2,1-2H3. The van der Waals surface area contributed by atoms with Crippen molar-refractivity contribution in [2.75, 3.05) is 18.4 Å². The van der Waals surface area contributed by atoms with Gasteiger partial charge in [0.2, 0.25) is 0 Å². The Morgan fingerprint density at radius 2 is 1.94 bits per heavy atom. The SMILES string of the molecule is Cc1ccc(CN(CCBr)CC(F)F)cc1C. The van der Waals surface area contributed by atoms with Crippen molar-refractivity contribution in [2.24, 2.45) is 0 Å². The van der Waals surface area contributed by atoms with Crippen molar-refractivity contribution in [1.82, 2.24) is 4.90 Å². The van der Waals surface area contributed by atoms with Crippen LogP contribution in [-0.2, 0) is 6.54 Å². The van der Waals surface area contributed by atoms with E-state index in [0.717, 1.165) is 5.56 Å². The summed E-state index contributed by atoms with van der Waals surface area (Å²) in [6.07, 6.45) is -2.28. The molecule has 4 heteroatoms. The van der Waals surface area contributed by atoms with Crippen LogP contribution in [0.25, 0.3) is 0 Å². The van der Waals surface area contributed by atoms with Crippen molar-refractivity contribution >= 4 is 15.9 Å². The highest BCUT2D eigenvalue weighted by atomic mass is 79.9. The van der Waals surface area contributed by atoms with Gasteiger partial charge in [-0.1, -0.05) is 34.1 Å². The Labute approximate surface area is 110 Å². The molecule has 0 saturated carbocycles. The Morgan fingerprint density at radius 3 is 2.47 bits per heavy atom. The maximum absolute atomic E-state index is 12.4. The number of aryl methyl sites for hydroxylation is 2. The van der Waals surface area contributed by atoms with Crippen molar-refractivity contribution in [3.05, 3.63) is 34.9 Å². The van der Waals surface area contributed by atoms with Gasteiger partial charge >= 0.3 is 0 Å². The first kappa shape index (κ1) is 14.6. The summed E-state index contributed by atoms with van der Waals surface area (Å²) in [5, 5.41) is 0.713. The predicted octanol–water partition coefficient (Wildman–Crippen LogP) is 3.77. The Morgan fingerprint density at radius 1 is 1.24 bits per heavy atom. The number of alkyl halides is 3. The second kappa shape index (κ2) is 7.07. The van der Waals surface area contributed by atoms with Crippen molar-refractivity contribution in [1.29, 1.82) is 0 Å². The molecule has 0 amide bonds. The number of rotatable bonds is 6. The van der Waals surface area contributed by atoms with Crippen molar-refractivity contribution in [3.8, 4) is 0 Å². The van der Waals surface area contributed by atoms with Crippen LogP contribution in [0.1, 0.15) is 16.7 Å². The molecule has 0 bridgehead atoms. The Bertz CT molecular complexity index is 355. The monoisotopic (exact) mass is 305 g/mol. The Hall–Kier alpha value is -0.480. The molecule has 0 aliphatic carbocycles. The van der Waals surface area contributed by atoms with Crippen LogP contribution in [0.5, 0.6) is 0 Å². The fourth-order valence-electron chi connectivity index (χ4n) is 1.71. The first-order valence-corrected chi connectivity index (χ1v) is 6.77. The molecule has 17 heavy (non-hydrogen) atoms. The van der Waals surface area contributed by atoms with Gasteiger partial charge in [0.1, 0.15) is 0 Å². The third-order valence-corrected chi connectivity index (χ3v) is 3.13. The molecule has 0 fully saturated rings. The molecule has 0 heterocycles. The molecule has 0 aliphatic rings. The van der Waals surface area contributed by atoms with Crippen molar-refractivity contribution in [3.63, 3.8) is 0 Å². The second-order valence-electron chi connectivity index (χ2n) is 4.23. The summed E-state index contributed by atoms with van der Waals surface area (Å²) in [6.45, 7) is 5.14. The molecule has 0 saturated heterocycles. The van der Waals surface area contributed by atoms with E-state index in [-0.39, 0.29) is 6.54 Å². The highest BCUT2D eigenvalue weighted by Crippen LogP contribution is 2.13. The minimum absolute atomic E-state index is 0.168. The van der Waals surface area contributed by atoms with E-state index in [1.165, 1.54) is 11.1 Å². The summed E-state index contributed by atoms with van der Waals surface area (Å²) < 4.78 is 24.8. The fourth-order valence-corrected chi connectivity index (χ4v) is 2.21. The topological polar surface area (TPSA) is 3.24 Å². The van der Waals surface area contributed by atoms with Crippen LogP contribution in [0.4, 0.5) is 8.78 Å². The van der Waals surface area contributed by atoms with E-state index in [9.17, 15) is 8.78 Å². The quantitative estimate of drug-likeness (QED) is 0.723. The zero-order valence-electron chi connectivity index (χ0n) is 10.2. The van der Waals surface area contributed by atoms with E-state index in [1.54, 1.807) is 4.90 Å². The first-order valence-electron chi connectivity index (χ1n) is 5.65. The lowest BCUT2D eigenvalue weighted by Gasteiger charge is -2.21. The largest absolute Gasteiger partial charge is 0.293 e. The van der Waals surface area contributed by atoms with E-state index in [4.69, 9.17) is 0 Å². The van der Waals surface area contributed by atoms with Crippen LogP contribution in [0.15, 0.2) is 18.2 Å². The summed E-state index contributed by atoms with van der Waals surface area (Å²) in [7, 11) is 0. The minimum Gasteiger partial charge on any atom is -0.293 e. The van der Waals surface area contributed by atoms with Crippen LogP contribution >= 0.6 is 15.9 Å². The van der Waals surface area contributed by atoms with Crippen LogP contribution in [0.3, 0.4) is 0 Å². The summed E-state index contributed by atoms with van der Waals surface area (Å²) in [5.41, 5.74) is 3.53. The van der Waals surface area contributed by atoms with Gasteiger partial charge in [0.15, 0.2) is 0 Å². The number of nitrogens with zero attached hydrogens (tertiary/aromatic N) is 1. The Kier molecular flexibility index (Phi) is 6.06. The zero-order valence-corrected chi connectivity index (χ0v) is 11.8. The van der Waals surface area contributed by atoms with Gasteiger partial charge in [-0.05, 0) is 30.5 Å². The van der Waals surface area contributed by atoms with Crippen molar-refractivity contribution in [2.45, 2.75) is 26.8 Å². The molecule has 0 radical (unpaired) electrons. The molecule has 0 aromatic heterocycles. The zero-order chi connectivity index (χ0) is 12.8. The van der Waals surface area contributed by atoms with E-state index in [1.807, 2.05) is 19.1 Å². The molecular formula is C13H18BrF2N. The minimum atomic E-state index is -2.28. The predicted molar refractivity (Wildman–Crippen MR) is 71.0 cm³/mol. The lowest BCUT2D eigenvalue weighted by atomic mass is 10.1. The third-order valence-electron chi connectivity index (χ3n) is 2.77. The number of halogens is 3. The summed E-state index contributed by atoms with van der Waals surface area (Å²) in [4.78, 5) is 1.77. The van der Waals surface area contributed by atoms with Gasteiger partial charge in [0, 0.05) is 18.4 Å². The fraction of sp³-hybridized carbons (Fsp3) is 0.538. The molecule has 0 atom stereocenters. The molecule has 96 valence electrons. The van der Waals surface area contributed by atoms with Crippen LogP contribution in [0, 0.1) is 13.8 Å². The molecule has 1 aromatic carbocycles. The van der Waals surface area contributed by atoms with E-state index in [0.29, 0.717) is 18.4 Å². The van der Waals surface area contributed by atoms with E-state index in [2.05, 4.69) is 28.9 Å². The van der Waals surface area contributed by atoms with E-state index < -0.39 is 6.43 Å². The third kappa shape index (κ3) is 5.13. The second-order valence-corrected chi connectivity index (χ2v) is 5.03. The first-order chi connectivity index (χ1) is 8.02. The molecular weight excluding hydrogens is 288 g/mol. The molecule has 0 unspecified atom stereocenters. The number of benzene rings is 1. The van der Waals surface area contributed by atoms with Gasteiger partial charge in [-0.15, -0.1) is 0 Å². The lowest BCUT2D eigenvalue weighted by Crippen LogP contribution is -2.30. The average molecular weight is 306 g/mol. The van der Waals surface area contributed by atoms with E-state index >= 15 is 0 Å². The number of hydrogen-bond acceptors (Lipinski definition) is 1. The molecule has 0 aliphatic heterocycles. The summed E-state index contributed by atoms with van der Waals surface area (Å²) >= 11 is 3.29. The van der Waals surface area contributed by atoms with Crippen molar-refractivity contribution < 1.29 is 8.78 Å². The molecule has 1 nitrogen and oxygen atoms in total. The maximum Gasteiger partial charge on any atom is 0.251 e. The van der Waals surface area contributed by atoms with Gasteiger partial charge in [-0.2, -0.15) is 0 Å². The van der Waals surface area contributed by atoms with Crippen LogP contribution in [0.2, 0.25) is 0 Å². The normalized spacial score (nSPS) is 11.5. The van der Waals surface area contributed by atoms with Gasteiger partial charge in [0.05, 0.1) is 6.54 Å². The summed E-state index contributed by atoms with van der Waals surface area (Å²) in [5.74, 6) is 0. The van der Waals surface area contributed by atoms with Crippen LogP contribution < -0.4 is 0 Å². The summed E-state index contributed by atoms with van der Waals surface area (Å²) in [6, 6.07) is 6.12. The molecule has 0 N–H and O–H groups in total. The highest BCUT2D eigenvalue weighted by molar-refractivity contribution is 9.09. The molecule has 1 aromatic rings. The highest BCUT2D eigenvalue weighted by Gasteiger charge is 2.12. The van der Waals surface area contributed by atoms with Crippen LogP contribution in [-0.4, -0.2) is 29.7 Å². The van der Waals surface area contributed by atoms with Gasteiger partial charge < -0.3 is 0 Å². The van der Waals surface area contributed by atoms with Gasteiger partial charge in [-0.25, -0.2) is 8.78 Å². The Balaban J connectivity index is 2.67. The van der Waals surface area contributed by atoms with Gasteiger partial charge in [-0.3, -0.25) is 4.90 Å². The maximum atomic E-state index is 12.4. The average Bonchev–Trinajstić information content (AvgIpc) is 2.23. The smallest absolute Gasteiger partial charge is 0.251 e. The van der Waals surface area contributed by atoms with Gasteiger partial charge in [0.25, 0.3) is 6.43 Å². The molecule has 1 rings (SSSR count). The molecule has 0 spiro atoms. The lowest BCUT2D eigenvalue weighted by molar-refractivity contribution is 0.0881. The number of hydrogen-bond donors (Lipinski definition) is 0.